The van der Waals surface area contributed by atoms with Crippen molar-refractivity contribution in [3.63, 3.8) is 0 Å². The number of hydrogen-bond donors (Lipinski definition) is 0. The smallest absolute Gasteiger partial charge is 0.471 e. The summed E-state index contributed by atoms with van der Waals surface area (Å²) in [4.78, 5) is 37.5. The summed E-state index contributed by atoms with van der Waals surface area (Å²) in [7, 11) is 0.772. The topological polar surface area (TPSA) is 76.2 Å². The predicted octanol–water partition coefficient (Wildman–Crippen LogP) is 4.79. The van der Waals surface area contributed by atoms with Crippen molar-refractivity contribution in [3.05, 3.63) is 53.3 Å². The van der Waals surface area contributed by atoms with E-state index in [0.29, 0.717) is 11.8 Å². The second-order valence-corrected chi connectivity index (χ2v) is 8.93. The fourth-order valence-electron chi connectivity index (χ4n) is 3.63. The molecule has 0 saturated carbocycles. The Morgan fingerprint density at radius 3 is 2.34 bits per heavy atom. The molecule has 0 spiro atoms. The van der Waals surface area contributed by atoms with Gasteiger partial charge >= 0.3 is 18.2 Å². The van der Waals surface area contributed by atoms with Crippen LogP contribution in [0.4, 0.5) is 33.7 Å². The number of hydrogen-bond acceptors (Lipinski definition) is 5. The first-order valence-corrected chi connectivity index (χ1v) is 10.6. The number of aldehydes is 1. The Morgan fingerprint density at radius 1 is 1.17 bits per heavy atom. The molecular weight excluding hydrogens is 472 g/mol. The minimum atomic E-state index is -5.27. The maximum absolute atomic E-state index is 15.7. The molecule has 11 heteroatoms. The largest absolute Gasteiger partial charge is 0.487 e. The highest BCUT2D eigenvalue weighted by atomic mass is 19.4. The van der Waals surface area contributed by atoms with Crippen LogP contribution in [0.2, 0.25) is 0 Å². The third-order valence-corrected chi connectivity index (χ3v) is 5.15. The fourth-order valence-corrected chi connectivity index (χ4v) is 3.63. The van der Waals surface area contributed by atoms with Crippen LogP contribution in [0.15, 0.2) is 36.4 Å². The molecular formula is C24H24F4N2O5. The van der Waals surface area contributed by atoms with E-state index < -0.39 is 47.1 Å². The van der Waals surface area contributed by atoms with Crippen molar-refractivity contribution in [3.8, 4) is 5.75 Å². The van der Waals surface area contributed by atoms with E-state index in [0.717, 1.165) is 18.0 Å². The minimum Gasteiger partial charge on any atom is -0.487 e. The van der Waals surface area contributed by atoms with E-state index in [2.05, 4.69) is 0 Å². The van der Waals surface area contributed by atoms with Gasteiger partial charge in [0.1, 0.15) is 29.9 Å². The molecule has 7 nitrogen and oxygen atoms in total. The average molecular weight is 496 g/mol. The van der Waals surface area contributed by atoms with Crippen LogP contribution in [0.3, 0.4) is 0 Å². The van der Waals surface area contributed by atoms with E-state index in [9.17, 15) is 27.6 Å². The van der Waals surface area contributed by atoms with Gasteiger partial charge in [0.25, 0.3) is 0 Å². The SMILES string of the molecule is CN(C(=O)C(F)(F)F)c1c(OCc2ccccc2)cc2c(c1F)C[C@H](C=O)N2C(=O)OC(C)(C)C. The van der Waals surface area contributed by atoms with Crippen molar-refractivity contribution in [2.45, 2.75) is 51.6 Å². The van der Waals surface area contributed by atoms with Gasteiger partial charge in [-0.1, -0.05) is 30.3 Å². The van der Waals surface area contributed by atoms with Gasteiger partial charge in [-0.25, -0.2) is 9.18 Å². The summed E-state index contributed by atoms with van der Waals surface area (Å²) in [5, 5.41) is 0. The lowest BCUT2D eigenvalue weighted by Gasteiger charge is -2.28. The number of anilines is 2. The van der Waals surface area contributed by atoms with Gasteiger partial charge in [-0.2, -0.15) is 13.2 Å². The summed E-state index contributed by atoms with van der Waals surface area (Å²) in [5.41, 5.74) is -1.36. The Hall–Kier alpha value is -3.63. The van der Waals surface area contributed by atoms with Crippen molar-refractivity contribution in [2.75, 3.05) is 16.8 Å². The summed E-state index contributed by atoms with van der Waals surface area (Å²) in [6, 6.07) is 8.52. The molecule has 1 aliphatic heterocycles. The van der Waals surface area contributed by atoms with Crippen LogP contribution in [0.25, 0.3) is 0 Å². The minimum absolute atomic E-state index is 0.0893. The average Bonchev–Trinajstić information content (AvgIpc) is 3.15. The van der Waals surface area contributed by atoms with E-state index >= 15 is 4.39 Å². The summed E-state index contributed by atoms with van der Waals surface area (Å²) in [5.74, 6) is -3.93. The highest BCUT2D eigenvalue weighted by Crippen LogP contribution is 2.45. The van der Waals surface area contributed by atoms with Crippen molar-refractivity contribution >= 4 is 29.7 Å². The van der Waals surface area contributed by atoms with Crippen LogP contribution in [-0.4, -0.2) is 43.2 Å². The van der Waals surface area contributed by atoms with Gasteiger partial charge in [0.2, 0.25) is 0 Å². The molecule has 2 amide bonds. The van der Waals surface area contributed by atoms with E-state index in [1.807, 2.05) is 0 Å². The van der Waals surface area contributed by atoms with Crippen LogP contribution in [0.5, 0.6) is 5.75 Å². The molecule has 0 bridgehead atoms. The van der Waals surface area contributed by atoms with Crippen LogP contribution >= 0.6 is 0 Å². The lowest BCUT2D eigenvalue weighted by molar-refractivity contribution is -0.170. The Bertz CT molecular complexity index is 1130. The van der Waals surface area contributed by atoms with Crippen molar-refractivity contribution in [2.24, 2.45) is 0 Å². The number of ether oxygens (including phenoxy) is 2. The molecule has 3 rings (SSSR count). The second kappa shape index (κ2) is 9.55. The zero-order valence-corrected chi connectivity index (χ0v) is 19.5. The number of fused-ring (bicyclic) bond motifs is 1. The number of benzene rings is 2. The van der Waals surface area contributed by atoms with E-state index in [4.69, 9.17) is 9.47 Å². The predicted molar refractivity (Wildman–Crippen MR) is 119 cm³/mol. The van der Waals surface area contributed by atoms with Gasteiger partial charge in [-0.3, -0.25) is 9.69 Å². The molecule has 1 heterocycles. The number of halogens is 4. The van der Waals surface area contributed by atoms with Gasteiger partial charge in [-0.15, -0.1) is 0 Å². The summed E-state index contributed by atoms with van der Waals surface area (Å²) < 4.78 is 66.1. The van der Waals surface area contributed by atoms with Crippen LogP contribution in [0, 0.1) is 5.82 Å². The standard InChI is InChI=1S/C24H24F4N2O5/c1-23(2,3)35-22(33)30-15(12-31)10-16-17(30)11-18(34-13-14-8-6-5-7-9-14)20(19(16)25)29(4)21(32)24(26,27)28/h5-9,11-12,15H,10,13H2,1-4H3/t15-/m1/s1. The van der Waals surface area contributed by atoms with Gasteiger partial charge in [0.05, 0.1) is 11.7 Å². The number of alkyl halides is 3. The fraction of sp³-hybridized carbons (Fsp3) is 0.375. The molecule has 35 heavy (non-hydrogen) atoms. The Labute approximate surface area is 199 Å². The highest BCUT2D eigenvalue weighted by molar-refractivity contribution is 6.01. The molecule has 0 N–H and O–H groups in total. The highest BCUT2D eigenvalue weighted by Gasteiger charge is 2.45. The molecule has 2 aromatic rings. The first-order valence-electron chi connectivity index (χ1n) is 10.6. The van der Waals surface area contributed by atoms with Gasteiger partial charge in [-0.05, 0) is 26.3 Å². The van der Waals surface area contributed by atoms with Gasteiger partial charge in [0.15, 0.2) is 5.82 Å². The Balaban J connectivity index is 2.13. The molecule has 1 aliphatic rings. The van der Waals surface area contributed by atoms with Crippen molar-refractivity contribution in [1.29, 1.82) is 0 Å². The first-order chi connectivity index (χ1) is 16.2. The third-order valence-electron chi connectivity index (χ3n) is 5.15. The number of rotatable bonds is 5. The van der Waals surface area contributed by atoms with Crippen molar-refractivity contribution in [1.82, 2.24) is 0 Å². The Morgan fingerprint density at radius 2 is 1.80 bits per heavy atom. The molecule has 0 unspecified atom stereocenters. The molecule has 0 radical (unpaired) electrons. The quantitative estimate of drug-likeness (QED) is 0.439. The lowest BCUT2D eigenvalue weighted by atomic mass is 10.1. The van der Waals surface area contributed by atoms with Crippen LogP contribution in [-0.2, 0) is 27.4 Å². The zero-order valence-electron chi connectivity index (χ0n) is 19.5. The number of amides is 2. The van der Waals surface area contributed by atoms with E-state index in [-0.39, 0.29) is 29.2 Å². The lowest BCUT2D eigenvalue weighted by Crippen LogP contribution is -2.42. The molecule has 1 atom stereocenters. The molecule has 188 valence electrons. The molecule has 0 aromatic heterocycles. The molecule has 2 aromatic carbocycles. The second-order valence-electron chi connectivity index (χ2n) is 8.93. The summed E-state index contributed by atoms with van der Waals surface area (Å²) >= 11 is 0. The van der Waals surface area contributed by atoms with Gasteiger partial charge < -0.3 is 19.2 Å². The third kappa shape index (κ3) is 5.55. The van der Waals surface area contributed by atoms with Crippen molar-refractivity contribution < 1.29 is 41.4 Å². The molecule has 0 saturated heterocycles. The number of carbonyl (C=O) groups is 3. The monoisotopic (exact) mass is 496 g/mol. The molecule has 0 fully saturated rings. The van der Waals surface area contributed by atoms with E-state index in [1.54, 1.807) is 51.1 Å². The number of nitrogens with zero attached hydrogens (tertiary/aromatic N) is 2. The molecule has 0 aliphatic carbocycles. The number of carbonyl (C=O) groups excluding carboxylic acids is 3. The normalized spacial score (nSPS) is 15.4. The summed E-state index contributed by atoms with van der Waals surface area (Å²) in [6.07, 6.45) is -6.11. The zero-order chi connectivity index (χ0) is 26.1. The maximum atomic E-state index is 15.7. The first kappa shape index (κ1) is 26.0. The van der Waals surface area contributed by atoms with Crippen LogP contribution < -0.4 is 14.5 Å². The maximum Gasteiger partial charge on any atom is 0.471 e. The Kier molecular flexibility index (Phi) is 7.09. The van der Waals surface area contributed by atoms with E-state index in [1.165, 1.54) is 0 Å². The summed E-state index contributed by atoms with van der Waals surface area (Å²) in [6.45, 7) is 4.65. The van der Waals surface area contributed by atoms with Gasteiger partial charge in [0, 0.05) is 25.1 Å². The van der Waals surface area contributed by atoms with Crippen LogP contribution in [0.1, 0.15) is 31.9 Å².